The molecule has 5 nitrogen and oxygen atoms in total. The van der Waals surface area contributed by atoms with Gasteiger partial charge >= 0.3 is 0 Å². The minimum atomic E-state index is 0.278. The Balaban J connectivity index is 1.52. The SMILES string of the molecule is NC(=NCc1ccc2c(n1)CCCC2)NCC1CCCO1. The number of ether oxygens (including phenoxy) is 1. The normalized spacial score (nSPS) is 22.1. The first-order valence-corrected chi connectivity index (χ1v) is 7.94. The van der Waals surface area contributed by atoms with Crippen molar-refractivity contribution in [2.24, 2.45) is 10.7 Å². The second kappa shape index (κ2) is 6.89. The third kappa shape index (κ3) is 3.94. The Morgan fingerprint density at radius 3 is 3.10 bits per heavy atom. The van der Waals surface area contributed by atoms with Crippen molar-refractivity contribution in [1.82, 2.24) is 10.3 Å². The van der Waals surface area contributed by atoms with E-state index < -0.39 is 0 Å². The Morgan fingerprint density at radius 1 is 1.33 bits per heavy atom. The van der Waals surface area contributed by atoms with E-state index in [0.29, 0.717) is 12.5 Å². The number of aryl methyl sites for hydroxylation is 2. The van der Waals surface area contributed by atoms with Crippen LogP contribution in [-0.2, 0) is 24.1 Å². The van der Waals surface area contributed by atoms with Crippen molar-refractivity contribution in [3.05, 3.63) is 29.1 Å². The summed E-state index contributed by atoms with van der Waals surface area (Å²) < 4.78 is 5.54. The van der Waals surface area contributed by atoms with E-state index in [1.807, 2.05) is 0 Å². The van der Waals surface area contributed by atoms with Gasteiger partial charge in [0.1, 0.15) is 0 Å². The minimum absolute atomic E-state index is 0.278. The number of guanidine groups is 1. The van der Waals surface area contributed by atoms with Gasteiger partial charge in [0.2, 0.25) is 0 Å². The Hall–Kier alpha value is -1.62. The highest BCUT2D eigenvalue weighted by Crippen LogP contribution is 2.19. The standard InChI is InChI=1S/C16H24N4O/c17-16(19-11-14-5-3-9-21-14)18-10-13-8-7-12-4-1-2-6-15(12)20-13/h7-8,14H,1-6,9-11H2,(H3,17,18,19). The maximum Gasteiger partial charge on any atom is 0.189 e. The van der Waals surface area contributed by atoms with Crippen molar-refractivity contribution < 1.29 is 4.74 Å². The third-order valence-electron chi connectivity index (χ3n) is 4.18. The molecule has 3 rings (SSSR count). The maximum atomic E-state index is 5.89. The van der Waals surface area contributed by atoms with E-state index in [4.69, 9.17) is 15.5 Å². The van der Waals surface area contributed by atoms with Crippen LogP contribution < -0.4 is 11.1 Å². The third-order valence-corrected chi connectivity index (χ3v) is 4.18. The highest BCUT2D eigenvalue weighted by atomic mass is 16.5. The molecule has 21 heavy (non-hydrogen) atoms. The van der Waals surface area contributed by atoms with Crippen LogP contribution in [0.2, 0.25) is 0 Å². The number of pyridine rings is 1. The molecule has 1 aliphatic heterocycles. The van der Waals surface area contributed by atoms with Crippen molar-refractivity contribution in [2.45, 2.75) is 51.2 Å². The lowest BCUT2D eigenvalue weighted by atomic mass is 9.96. The van der Waals surface area contributed by atoms with Crippen LogP contribution in [0.5, 0.6) is 0 Å². The van der Waals surface area contributed by atoms with Crippen LogP contribution in [0.4, 0.5) is 0 Å². The summed E-state index contributed by atoms with van der Waals surface area (Å²) in [7, 11) is 0. The second-order valence-corrected chi connectivity index (χ2v) is 5.83. The fraction of sp³-hybridized carbons (Fsp3) is 0.625. The van der Waals surface area contributed by atoms with E-state index in [2.05, 4.69) is 22.4 Å². The van der Waals surface area contributed by atoms with Gasteiger partial charge in [-0.3, -0.25) is 4.98 Å². The average Bonchev–Trinajstić information content (AvgIpc) is 3.04. The molecule has 0 aromatic carbocycles. The number of aromatic nitrogens is 1. The quantitative estimate of drug-likeness (QED) is 0.651. The first-order chi connectivity index (χ1) is 10.3. The summed E-state index contributed by atoms with van der Waals surface area (Å²) in [5.41, 5.74) is 9.54. The van der Waals surface area contributed by atoms with Crippen LogP contribution in [0.25, 0.3) is 0 Å². The van der Waals surface area contributed by atoms with Crippen molar-refractivity contribution >= 4 is 5.96 Å². The van der Waals surface area contributed by atoms with E-state index >= 15 is 0 Å². The molecule has 1 aromatic rings. The van der Waals surface area contributed by atoms with Crippen LogP contribution >= 0.6 is 0 Å². The van der Waals surface area contributed by atoms with Gasteiger partial charge in [-0.1, -0.05) is 6.07 Å². The first-order valence-electron chi connectivity index (χ1n) is 7.94. The van der Waals surface area contributed by atoms with E-state index in [9.17, 15) is 0 Å². The van der Waals surface area contributed by atoms with Crippen molar-refractivity contribution in [1.29, 1.82) is 0 Å². The zero-order valence-electron chi connectivity index (χ0n) is 12.5. The molecule has 0 amide bonds. The van der Waals surface area contributed by atoms with Crippen LogP contribution in [0.15, 0.2) is 17.1 Å². The summed E-state index contributed by atoms with van der Waals surface area (Å²) in [4.78, 5) is 9.08. The summed E-state index contributed by atoms with van der Waals surface area (Å²) in [6.45, 7) is 2.15. The molecule has 3 N–H and O–H groups in total. The Labute approximate surface area is 126 Å². The number of fused-ring (bicyclic) bond motifs is 1. The topological polar surface area (TPSA) is 72.5 Å². The number of nitrogens with one attached hydrogen (secondary N) is 1. The van der Waals surface area contributed by atoms with Gasteiger partial charge in [0.25, 0.3) is 0 Å². The smallest absolute Gasteiger partial charge is 0.189 e. The summed E-state index contributed by atoms with van der Waals surface area (Å²) in [6.07, 6.45) is 7.32. The first kappa shape index (κ1) is 14.3. The van der Waals surface area contributed by atoms with E-state index in [1.165, 1.54) is 24.1 Å². The molecule has 1 fully saturated rings. The molecular weight excluding hydrogens is 264 g/mol. The molecule has 0 saturated carbocycles. The van der Waals surface area contributed by atoms with Crippen LogP contribution in [0.3, 0.4) is 0 Å². The lowest BCUT2D eigenvalue weighted by Crippen LogP contribution is -2.37. The van der Waals surface area contributed by atoms with E-state index in [1.54, 1.807) is 0 Å². The molecular formula is C16H24N4O. The zero-order chi connectivity index (χ0) is 14.5. The number of nitrogens with zero attached hydrogens (tertiary/aromatic N) is 2. The molecule has 5 heteroatoms. The molecule has 2 aliphatic rings. The van der Waals surface area contributed by atoms with Crippen LogP contribution in [0.1, 0.15) is 42.6 Å². The molecule has 0 radical (unpaired) electrons. The molecule has 1 aliphatic carbocycles. The van der Waals surface area contributed by atoms with E-state index in [-0.39, 0.29) is 6.10 Å². The number of nitrogens with two attached hydrogens (primary N) is 1. The van der Waals surface area contributed by atoms with Gasteiger partial charge in [-0.25, -0.2) is 4.99 Å². The van der Waals surface area contributed by atoms with Gasteiger partial charge in [0.05, 0.1) is 18.3 Å². The van der Waals surface area contributed by atoms with Crippen molar-refractivity contribution in [3.63, 3.8) is 0 Å². The van der Waals surface area contributed by atoms with E-state index in [0.717, 1.165) is 44.5 Å². The van der Waals surface area contributed by atoms with Crippen molar-refractivity contribution in [3.8, 4) is 0 Å². The number of hydrogen-bond acceptors (Lipinski definition) is 3. The summed E-state index contributed by atoms with van der Waals surface area (Å²) in [5.74, 6) is 0.477. The molecule has 1 aromatic heterocycles. The predicted octanol–water partition coefficient (Wildman–Crippen LogP) is 1.54. The fourth-order valence-corrected chi connectivity index (χ4v) is 2.96. The molecule has 2 heterocycles. The Bertz CT molecular complexity index is 509. The van der Waals surface area contributed by atoms with Gasteiger partial charge in [0, 0.05) is 18.8 Å². The van der Waals surface area contributed by atoms with Gasteiger partial charge in [-0.2, -0.15) is 0 Å². The second-order valence-electron chi connectivity index (χ2n) is 5.83. The number of aliphatic imine (C=N–C) groups is 1. The lowest BCUT2D eigenvalue weighted by Gasteiger charge is -2.15. The van der Waals surface area contributed by atoms with Gasteiger partial charge in [-0.15, -0.1) is 0 Å². The van der Waals surface area contributed by atoms with Gasteiger partial charge in [0.15, 0.2) is 5.96 Å². The molecule has 114 valence electrons. The average molecular weight is 288 g/mol. The molecule has 0 spiro atoms. The molecule has 1 atom stereocenters. The molecule has 0 bridgehead atoms. The van der Waals surface area contributed by atoms with Crippen LogP contribution in [-0.4, -0.2) is 30.2 Å². The summed E-state index contributed by atoms with van der Waals surface area (Å²) in [5, 5.41) is 3.13. The predicted molar refractivity (Wildman–Crippen MR) is 83.2 cm³/mol. The molecule has 1 unspecified atom stereocenters. The van der Waals surface area contributed by atoms with Crippen molar-refractivity contribution in [2.75, 3.05) is 13.2 Å². The highest BCUT2D eigenvalue weighted by Gasteiger charge is 2.15. The van der Waals surface area contributed by atoms with Crippen LogP contribution in [0, 0.1) is 0 Å². The monoisotopic (exact) mass is 288 g/mol. The number of rotatable bonds is 4. The Morgan fingerprint density at radius 2 is 2.24 bits per heavy atom. The van der Waals surface area contributed by atoms with Gasteiger partial charge in [-0.05, 0) is 50.2 Å². The lowest BCUT2D eigenvalue weighted by molar-refractivity contribution is 0.114. The van der Waals surface area contributed by atoms with Gasteiger partial charge < -0.3 is 15.8 Å². The molecule has 1 saturated heterocycles. The Kier molecular flexibility index (Phi) is 4.70. The summed E-state index contributed by atoms with van der Waals surface area (Å²) in [6, 6.07) is 4.27. The zero-order valence-corrected chi connectivity index (χ0v) is 12.5. The summed E-state index contributed by atoms with van der Waals surface area (Å²) >= 11 is 0. The minimum Gasteiger partial charge on any atom is -0.376 e. The number of hydrogen-bond donors (Lipinski definition) is 2. The fourth-order valence-electron chi connectivity index (χ4n) is 2.96. The highest BCUT2D eigenvalue weighted by molar-refractivity contribution is 5.77. The largest absolute Gasteiger partial charge is 0.376 e. The maximum absolute atomic E-state index is 5.89.